The Hall–Kier alpha value is -2.68. The van der Waals surface area contributed by atoms with E-state index in [9.17, 15) is 8.42 Å². The molecule has 0 fully saturated rings. The highest BCUT2D eigenvalue weighted by Crippen LogP contribution is 2.35. The van der Waals surface area contributed by atoms with Gasteiger partial charge in [-0.05, 0) is 48.0 Å². The van der Waals surface area contributed by atoms with Crippen LogP contribution in [0.2, 0.25) is 5.02 Å². The molecule has 0 amide bonds. The molecule has 0 saturated carbocycles. The second-order valence-corrected chi connectivity index (χ2v) is 9.49. The molecule has 6 nitrogen and oxygen atoms in total. The number of sulfone groups is 1. The third-order valence-electron chi connectivity index (χ3n) is 4.25. The number of anilines is 1. The Bertz CT molecular complexity index is 1280. The highest BCUT2D eigenvalue weighted by atomic mass is 79.9. The molecule has 0 atom stereocenters. The molecule has 4 rings (SSSR count). The summed E-state index contributed by atoms with van der Waals surface area (Å²) in [5.74, 6) is 0.154. The first-order valence-corrected chi connectivity index (χ1v) is 11.5. The molecule has 1 N–H and O–H groups in total. The number of oxazole rings is 1. The Kier molecular flexibility index (Phi) is 5.90. The molecule has 2 heterocycles. The molecule has 0 radical (unpaired) electrons. The molecule has 0 aliphatic carbocycles. The lowest BCUT2D eigenvalue weighted by Gasteiger charge is -2.06. The van der Waals surface area contributed by atoms with Crippen LogP contribution in [0.15, 0.2) is 91.9 Å². The molecule has 2 aromatic heterocycles. The molecule has 0 spiro atoms. The lowest BCUT2D eigenvalue weighted by Crippen LogP contribution is -2.07. The second kappa shape index (κ2) is 8.59. The van der Waals surface area contributed by atoms with Gasteiger partial charge in [-0.25, -0.2) is 8.42 Å². The molecule has 0 aliphatic rings. The van der Waals surface area contributed by atoms with Gasteiger partial charge < -0.3 is 9.73 Å². The van der Waals surface area contributed by atoms with Crippen molar-refractivity contribution in [2.45, 2.75) is 16.5 Å². The fourth-order valence-electron chi connectivity index (χ4n) is 2.76. The van der Waals surface area contributed by atoms with Gasteiger partial charge >= 0.3 is 0 Å². The first kappa shape index (κ1) is 20.6. The smallest absolute Gasteiger partial charge is 0.234 e. The maximum Gasteiger partial charge on any atom is 0.234 e. The zero-order valence-electron chi connectivity index (χ0n) is 15.4. The van der Waals surface area contributed by atoms with Crippen LogP contribution in [-0.2, 0) is 16.4 Å². The third-order valence-corrected chi connectivity index (χ3v) is 6.79. The Morgan fingerprint density at radius 2 is 1.80 bits per heavy atom. The van der Waals surface area contributed by atoms with E-state index in [0.717, 1.165) is 10.0 Å². The standard InChI is InChI=1S/C21H15BrClN3O3S/c22-15-7-9-16(10-8-15)30(27,28)21-20(25-13-14-4-3-11-24-12-14)29-19(26-21)17-5-1-2-6-18(17)23/h1-12,25H,13H2. The van der Waals surface area contributed by atoms with Crippen LogP contribution in [0.5, 0.6) is 0 Å². The molecule has 0 unspecified atom stereocenters. The summed E-state index contributed by atoms with van der Waals surface area (Å²) in [4.78, 5) is 8.46. The Morgan fingerprint density at radius 3 is 2.50 bits per heavy atom. The van der Waals surface area contributed by atoms with E-state index >= 15 is 0 Å². The number of aromatic nitrogens is 2. The summed E-state index contributed by atoms with van der Waals surface area (Å²) >= 11 is 9.57. The van der Waals surface area contributed by atoms with Gasteiger partial charge in [0.25, 0.3) is 0 Å². The predicted molar refractivity (Wildman–Crippen MR) is 118 cm³/mol. The van der Waals surface area contributed by atoms with Crippen LogP contribution in [0.25, 0.3) is 11.5 Å². The van der Waals surface area contributed by atoms with Gasteiger partial charge in [-0.2, -0.15) is 4.98 Å². The summed E-state index contributed by atoms with van der Waals surface area (Å²) in [6.45, 7) is 0.313. The molecule has 9 heteroatoms. The van der Waals surface area contributed by atoms with Gasteiger partial charge in [0, 0.05) is 23.4 Å². The van der Waals surface area contributed by atoms with Crippen LogP contribution in [0.4, 0.5) is 5.88 Å². The van der Waals surface area contributed by atoms with Gasteiger partial charge in [-0.3, -0.25) is 4.98 Å². The first-order chi connectivity index (χ1) is 14.4. The number of hydrogen-bond acceptors (Lipinski definition) is 6. The monoisotopic (exact) mass is 503 g/mol. The average Bonchev–Trinajstić information content (AvgIpc) is 3.18. The Labute approximate surface area is 187 Å². The van der Waals surface area contributed by atoms with E-state index in [1.165, 1.54) is 12.1 Å². The number of pyridine rings is 1. The van der Waals surface area contributed by atoms with Crippen molar-refractivity contribution >= 4 is 43.3 Å². The van der Waals surface area contributed by atoms with Crippen molar-refractivity contribution in [3.05, 3.63) is 88.1 Å². The number of nitrogens with one attached hydrogen (secondary N) is 1. The van der Waals surface area contributed by atoms with Gasteiger partial charge in [0.2, 0.25) is 26.6 Å². The maximum absolute atomic E-state index is 13.3. The van der Waals surface area contributed by atoms with Crippen LogP contribution < -0.4 is 5.32 Å². The normalized spacial score (nSPS) is 11.4. The summed E-state index contributed by atoms with van der Waals surface area (Å²) in [7, 11) is -3.94. The molecular formula is C21H15BrClN3O3S. The van der Waals surface area contributed by atoms with Gasteiger partial charge in [0.1, 0.15) is 0 Å². The third kappa shape index (κ3) is 4.26. The maximum atomic E-state index is 13.3. The summed E-state index contributed by atoms with van der Waals surface area (Å²) in [6.07, 6.45) is 3.35. The predicted octanol–water partition coefficient (Wildman–Crippen LogP) is 5.60. The molecule has 4 aromatic rings. The first-order valence-electron chi connectivity index (χ1n) is 8.84. The minimum absolute atomic E-state index is 0.0386. The molecule has 2 aromatic carbocycles. The number of nitrogens with zero attached hydrogens (tertiary/aromatic N) is 2. The SMILES string of the molecule is O=S(=O)(c1ccc(Br)cc1)c1nc(-c2ccccc2Cl)oc1NCc1cccnc1. The van der Waals surface area contributed by atoms with E-state index in [4.69, 9.17) is 16.0 Å². The number of hydrogen-bond donors (Lipinski definition) is 1. The zero-order chi connectivity index (χ0) is 21.1. The molecule has 152 valence electrons. The zero-order valence-corrected chi connectivity index (χ0v) is 18.6. The van der Waals surface area contributed by atoms with Crippen molar-refractivity contribution < 1.29 is 12.8 Å². The molecular weight excluding hydrogens is 490 g/mol. The van der Waals surface area contributed by atoms with Gasteiger partial charge in [-0.1, -0.05) is 45.7 Å². The average molecular weight is 505 g/mol. The van der Waals surface area contributed by atoms with E-state index < -0.39 is 9.84 Å². The lowest BCUT2D eigenvalue weighted by molar-refractivity contribution is 0.576. The van der Waals surface area contributed by atoms with Crippen molar-refractivity contribution in [1.82, 2.24) is 9.97 Å². The van der Waals surface area contributed by atoms with Crippen molar-refractivity contribution in [3.8, 4) is 11.5 Å². The van der Waals surface area contributed by atoms with Crippen molar-refractivity contribution in [1.29, 1.82) is 0 Å². The van der Waals surface area contributed by atoms with E-state index in [1.54, 1.807) is 54.9 Å². The van der Waals surface area contributed by atoms with Crippen LogP contribution in [0.3, 0.4) is 0 Å². The topological polar surface area (TPSA) is 85.1 Å². The molecule has 0 aliphatic heterocycles. The fraction of sp³-hybridized carbons (Fsp3) is 0.0476. The van der Waals surface area contributed by atoms with Gasteiger partial charge in [0.05, 0.1) is 15.5 Å². The second-order valence-electron chi connectivity index (χ2n) is 6.31. The highest BCUT2D eigenvalue weighted by Gasteiger charge is 2.29. The quantitative estimate of drug-likeness (QED) is 0.368. The fourth-order valence-corrected chi connectivity index (χ4v) is 4.52. The number of rotatable bonds is 6. The van der Waals surface area contributed by atoms with Crippen LogP contribution in [-0.4, -0.2) is 18.4 Å². The molecule has 0 saturated heterocycles. The lowest BCUT2D eigenvalue weighted by atomic mass is 10.2. The Morgan fingerprint density at radius 1 is 1.03 bits per heavy atom. The summed E-state index contributed by atoms with van der Waals surface area (Å²) in [5.41, 5.74) is 1.36. The number of halogens is 2. The van der Waals surface area contributed by atoms with Gasteiger partial charge in [-0.15, -0.1) is 0 Å². The minimum atomic E-state index is -3.94. The van der Waals surface area contributed by atoms with Crippen LogP contribution in [0, 0.1) is 0 Å². The van der Waals surface area contributed by atoms with E-state index in [0.29, 0.717) is 17.1 Å². The minimum Gasteiger partial charge on any atom is -0.419 e. The van der Waals surface area contributed by atoms with Crippen molar-refractivity contribution in [2.75, 3.05) is 5.32 Å². The van der Waals surface area contributed by atoms with Crippen LogP contribution in [0.1, 0.15) is 5.56 Å². The van der Waals surface area contributed by atoms with Crippen LogP contribution >= 0.6 is 27.5 Å². The summed E-state index contributed by atoms with van der Waals surface area (Å²) in [6, 6.07) is 17.0. The Balaban J connectivity index is 1.79. The molecule has 0 bridgehead atoms. The van der Waals surface area contributed by atoms with E-state index in [1.807, 2.05) is 6.07 Å². The summed E-state index contributed by atoms with van der Waals surface area (Å²) in [5, 5.41) is 3.23. The van der Waals surface area contributed by atoms with Gasteiger partial charge in [0.15, 0.2) is 0 Å². The summed E-state index contributed by atoms with van der Waals surface area (Å²) < 4.78 is 33.2. The number of benzene rings is 2. The van der Waals surface area contributed by atoms with E-state index in [-0.39, 0.29) is 21.7 Å². The van der Waals surface area contributed by atoms with Crippen molar-refractivity contribution in [3.63, 3.8) is 0 Å². The highest BCUT2D eigenvalue weighted by molar-refractivity contribution is 9.10. The molecule has 30 heavy (non-hydrogen) atoms. The largest absolute Gasteiger partial charge is 0.419 e. The van der Waals surface area contributed by atoms with E-state index in [2.05, 4.69) is 31.2 Å². The van der Waals surface area contributed by atoms with Crippen molar-refractivity contribution in [2.24, 2.45) is 0 Å².